The fourth-order valence-electron chi connectivity index (χ4n) is 0.402. The molecule has 0 aliphatic heterocycles. The number of carbonyl (C=O) groups excluding carboxylic acids is 1. The molecule has 0 aromatic rings. The van der Waals surface area contributed by atoms with Gasteiger partial charge in [-0.1, -0.05) is 19.6 Å². The number of rotatable bonds is 3. The first-order valence-electron chi connectivity index (χ1n) is 3.04. The highest BCUT2D eigenvalue weighted by atomic mass is 32.1. The molecule has 0 aliphatic carbocycles. The van der Waals surface area contributed by atoms with E-state index in [0.717, 1.165) is 0 Å². The fraction of sp³-hybridized carbons (Fsp3) is 0.833. The average Bonchev–Trinajstić information content (AvgIpc) is 1.87. The normalized spacial score (nSPS) is 12.8. The number of hydrogen-bond acceptors (Lipinski definition) is 2. The summed E-state index contributed by atoms with van der Waals surface area (Å²) >= 11 is 4.75. The van der Waals surface area contributed by atoms with Gasteiger partial charge < -0.3 is 4.74 Å². The van der Waals surface area contributed by atoms with Gasteiger partial charge in [-0.3, -0.25) is 4.79 Å². The molecule has 1 radical (unpaired) electrons. The van der Waals surface area contributed by atoms with Crippen LogP contribution in [-0.2, 0) is 9.53 Å². The van der Waals surface area contributed by atoms with Gasteiger partial charge in [-0.15, -0.1) is 0 Å². The second kappa shape index (κ2) is 4.68. The monoisotopic (exact) mass is 147 g/mol. The Bertz CT molecular complexity index is 93.1. The molecule has 1 unspecified atom stereocenters. The van der Waals surface area contributed by atoms with Crippen LogP contribution in [-0.4, -0.2) is 17.8 Å². The Morgan fingerprint density at radius 2 is 2.22 bits per heavy atom. The van der Waals surface area contributed by atoms with Crippen molar-refractivity contribution in [2.45, 2.75) is 25.5 Å². The molecule has 0 rings (SSSR count). The van der Waals surface area contributed by atoms with Crippen molar-refractivity contribution in [2.24, 2.45) is 0 Å². The second-order valence-electron chi connectivity index (χ2n) is 1.65. The van der Waals surface area contributed by atoms with Crippen LogP contribution in [0.1, 0.15) is 20.3 Å². The largest absolute Gasteiger partial charge is 0.465 e. The third kappa shape index (κ3) is 3.40. The van der Waals surface area contributed by atoms with Crippen molar-refractivity contribution >= 4 is 18.6 Å². The summed E-state index contributed by atoms with van der Waals surface area (Å²) in [6, 6.07) is 0. The molecule has 1 atom stereocenters. The fourth-order valence-corrected chi connectivity index (χ4v) is 0.470. The van der Waals surface area contributed by atoms with E-state index in [-0.39, 0.29) is 11.2 Å². The SMILES string of the molecule is CCOC(=O)C([S])CC. The first-order chi connectivity index (χ1) is 4.22. The topological polar surface area (TPSA) is 26.3 Å². The Labute approximate surface area is 61.0 Å². The van der Waals surface area contributed by atoms with Crippen LogP contribution in [0.2, 0.25) is 0 Å². The van der Waals surface area contributed by atoms with Crippen molar-refractivity contribution in [3.05, 3.63) is 0 Å². The van der Waals surface area contributed by atoms with Crippen molar-refractivity contribution in [1.29, 1.82) is 0 Å². The summed E-state index contributed by atoms with van der Waals surface area (Å²) in [4.78, 5) is 10.6. The lowest BCUT2D eigenvalue weighted by molar-refractivity contribution is -0.142. The van der Waals surface area contributed by atoms with E-state index in [1.807, 2.05) is 6.92 Å². The zero-order valence-electron chi connectivity index (χ0n) is 5.72. The van der Waals surface area contributed by atoms with E-state index in [0.29, 0.717) is 13.0 Å². The van der Waals surface area contributed by atoms with Crippen LogP contribution in [0.25, 0.3) is 0 Å². The van der Waals surface area contributed by atoms with Gasteiger partial charge in [0.2, 0.25) is 0 Å². The molecule has 53 valence electrons. The Hall–Kier alpha value is -0.180. The molecule has 0 saturated carbocycles. The van der Waals surface area contributed by atoms with E-state index in [9.17, 15) is 4.79 Å². The molecule has 0 fully saturated rings. The third-order valence-electron chi connectivity index (χ3n) is 0.920. The Kier molecular flexibility index (Phi) is 4.58. The minimum absolute atomic E-state index is 0.269. The number of carbonyl (C=O) groups is 1. The highest BCUT2D eigenvalue weighted by Gasteiger charge is 2.11. The predicted octanol–water partition coefficient (Wildman–Crippen LogP) is 1.53. The third-order valence-corrected chi connectivity index (χ3v) is 1.45. The number of ether oxygens (including phenoxy) is 1. The molecular formula is C6H11O2S. The zero-order chi connectivity index (χ0) is 7.28. The van der Waals surface area contributed by atoms with Crippen molar-refractivity contribution in [3.63, 3.8) is 0 Å². The van der Waals surface area contributed by atoms with Crippen LogP contribution in [0.15, 0.2) is 0 Å². The summed E-state index contributed by atoms with van der Waals surface area (Å²) in [5.41, 5.74) is 0. The van der Waals surface area contributed by atoms with Crippen LogP contribution < -0.4 is 0 Å². The van der Waals surface area contributed by atoms with Crippen LogP contribution >= 0.6 is 12.6 Å². The van der Waals surface area contributed by atoms with E-state index < -0.39 is 0 Å². The molecule has 2 nitrogen and oxygen atoms in total. The quantitative estimate of drug-likeness (QED) is 0.566. The van der Waals surface area contributed by atoms with E-state index in [1.54, 1.807) is 6.92 Å². The molecule has 0 aliphatic rings. The first-order valence-corrected chi connectivity index (χ1v) is 3.52. The Balaban J connectivity index is 3.46. The van der Waals surface area contributed by atoms with Gasteiger partial charge in [0.05, 0.1) is 6.61 Å². The van der Waals surface area contributed by atoms with Gasteiger partial charge in [-0.05, 0) is 13.3 Å². The van der Waals surface area contributed by atoms with Crippen molar-refractivity contribution in [1.82, 2.24) is 0 Å². The minimum Gasteiger partial charge on any atom is -0.465 e. The minimum atomic E-state index is -0.357. The van der Waals surface area contributed by atoms with E-state index >= 15 is 0 Å². The van der Waals surface area contributed by atoms with E-state index in [1.165, 1.54) is 0 Å². The second-order valence-corrected chi connectivity index (χ2v) is 2.22. The van der Waals surface area contributed by atoms with Crippen molar-refractivity contribution in [3.8, 4) is 0 Å². The maximum atomic E-state index is 10.6. The number of esters is 1. The molecule has 0 saturated heterocycles. The molecule has 0 N–H and O–H groups in total. The summed E-state index contributed by atoms with van der Waals surface area (Å²) < 4.78 is 4.65. The summed E-state index contributed by atoms with van der Waals surface area (Å²) in [5.74, 6) is -0.269. The Morgan fingerprint density at radius 1 is 1.67 bits per heavy atom. The van der Waals surface area contributed by atoms with E-state index in [2.05, 4.69) is 4.74 Å². The van der Waals surface area contributed by atoms with Gasteiger partial charge in [-0.25, -0.2) is 0 Å². The molecule has 0 bridgehead atoms. The van der Waals surface area contributed by atoms with Crippen LogP contribution in [0.3, 0.4) is 0 Å². The predicted molar refractivity (Wildman–Crippen MR) is 38.3 cm³/mol. The van der Waals surface area contributed by atoms with E-state index in [4.69, 9.17) is 12.6 Å². The highest BCUT2D eigenvalue weighted by Crippen LogP contribution is 2.01. The molecular weight excluding hydrogens is 136 g/mol. The smallest absolute Gasteiger partial charge is 0.319 e. The highest BCUT2D eigenvalue weighted by molar-refractivity contribution is 7.81. The van der Waals surface area contributed by atoms with Crippen LogP contribution in [0.5, 0.6) is 0 Å². The van der Waals surface area contributed by atoms with Gasteiger partial charge in [-0.2, -0.15) is 0 Å². The molecule has 0 aromatic carbocycles. The summed E-state index contributed by atoms with van der Waals surface area (Å²) in [7, 11) is 0. The van der Waals surface area contributed by atoms with Crippen molar-refractivity contribution in [2.75, 3.05) is 6.61 Å². The molecule has 0 heterocycles. The van der Waals surface area contributed by atoms with Gasteiger partial charge in [0.15, 0.2) is 0 Å². The summed E-state index contributed by atoms with van der Waals surface area (Å²) in [5, 5.41) is -0.357. The first kappa shape index (κ1) is 8.82. The van der Waals surface area contributed by atoms with Gasteiger partial charge in [0.1, 0.15) is 5.25 Å². The molecule has 0 spiro atoms. The van der Waals surface area contributed by atoms with Crippen LogP contribution in [0.4, 0.5) is 0 Å². The molecule has 9 heavy (non-hydrogen) atoms. The molecule has 3 heteroatoms. The standard InChI is InChI=1S/C6H11O2S/c1-3-5(9)6(7)8-4-2/h5H,3-4H2,1-2H3. The lowest BCUT2D eigenvalue weighted by atomic mass is 10.3. The molecule has 0 aromatic heterocycles. The lowest BCUT2D eigenvalue weighted by Gasteiger charge is -2.04. The average molecular weight is 147 g/mol. The molecule has 0 amide bonds. The van der Waals surface area contributed by atoms with Gasteiger partial charge in [0.25, 0.3) is 0 Å². The Morgan fingerprint density at radius 3 is 2.56 bits per heavy atom. The summed E-state index contributed by atoms with van der Waals surface area (Å²) in [6.07, 6.45) is 0.675. The lowest BCUT2D eigenvalue weighted by Crippen LogP contribution is -2.16. The zero-order valence-corrected chi connectivity index (χ0v) is 6.53. The van der Waals surface area contributed by atoms with Crippen LogP contribution in [0, 0.1) is 0 Å². The van der Waals surface area contributed by atoms with Gasteiger partial charge in [0, 0.05) is 0 Å². The maximum absolute atomic E-state index is 10.6. The van der Waals surface area contributed by atoms with Gasteiger partial charge >= 0.3 is 5.97 Å². The maximum Gasteiger partial charge on any atom is 0.319 e. The number of hydrogen-bond donors (Lipinski definition) is 0. The van der Waals surface area contributed by atoms with Crippen molar-refractivity contribution < 1.29 is 9.53 Å². The summed E-state index contributed by atoms with van der Waals surface area (Å²) in [6.45, 7) is 4.07.